The van der Waals surface area contributed by atoms with E-state index in [1.54, 1.807) is 6.08 Å². The molecule has 0 spiro atoms. The maximum absolute atomic E-state index is 12.2. The first-order chi connectivity index (χ1) is 16.7. The Morgan fingerprint density at radius 1 is 0.735 bits per heavy atom. The Hall–Kier alpha value is -1.65. The molecule has 34 heavy (non-hydrogen) atoms. The van der Waals surface area contributed by atoms with E-state index in [0.29, 0.717) is 6.42 Å². The molecular formula is C30H53NO3. The number of carbonyl (C=O) groups is 1. The number of aliphatic hydroxyl groups is 2. The van der Waals surface area contributed by atoms with Gasteiger partial charge in [0.25, 0.3) is 0 Å². The second-order valence-corrected chi connectivity index (χ2v) is 9.10. The Kier molecular flexibility index (Phi) is 24.7. The van der Waals surface area contributed by atoms with Crippen LogP contribution >= 0.6 is 0 Å². The molecule has 1 amide bonds. The molecule has 0 rings (SSSR count). The van der Waals surface area contributed by atoms with Crippen molar-refractivity contribution < 1.29 is 15.0 Å². The minimum absolute atomic E-state index is 0.0958. The quantitative estimate of drug-likeness (QED) is 0.107. The highest BCUT2D eigenvalue weighted by molar-refractivity contribution is 5.76. The van der Waals surface area contributed by atoms with Crippen molar-refractivity contribution in [2.45, 2.75) is 129 Å². The van der Waals surface area contributed by atoms with E-state index >= 15 is 0 Å². The van der Waals surface area contributed by atoms with Gasteiger partial charge < -0.3 is 15.5 Å². The van der Waals surface area contributed by atoms with Gasteiger partial charge in [-0.25, -0.2) is 0 Å². The van der Waals surface area contributed by atoms with Crippen LogP contribution in [0.4, 0.5) is 0 Å². The van der Waals surface area contributed by atoms with E-state index in [-0.39, 0.29) is 12.5 Å². The molecule has 3 N–H and O–H groups in total. The summed E-state index contributed by atoms with van der Waals surface area (Å²) in [7, 11) is 0. The van der Waals surface area contributed by atoms with Crippen LogP contribution in [-0.4, -0.2) is 34.9 Å². The van der Waals surface area contributed by atoms with E-state index in [4.69, 9.17) is 0 Å². The number of aliphatic hydroxyl groups excluding tert-OH is 2. The Labute approximate surface area is 210 Å². The van der Waals surface area contributed by atoms with Gasteiger partial charge in [-0.3, -0.25) is 4.79 Å². The smallest absolute Gasteiger partial charge is 0.220 e. The summed E-state index contributed by atoms with van der Waals surface area (Å²) in [6.07, 6.45) is 33.3. The Bertz CT molecular complexity index is 565. The molecule has 4 nitrogen and oxygen atoms in total. The molecule has 0 aliphatic rings. The van der Waals surface area contributed by atoms with Crippen molar-refractivity contribution in [3.63, 3.8) is 0 Å². The van der Waals surface area contributed by atoms with Gasteiger partial charge in [0.2, 0.25) is 5.91 Å². The summed E-state index contributed by atoms with van der Waals surface area (Å²) < 4.78 is 0. The lowest BCUT2D eigenvalue weighted by atomic mass is 10.1. The maximum atomic E-state index is 12.2. The van der Waals surface area contributed by atoms with Crippen molar-refractivity contribution in [3.05, 3.63) is 48.6 Å². The van der Waals surface area contributed by atoms with Crippen LogP contribution in [-0.2, 0) is 4.79 Å². The van der Waals surface area contributed by atoms with Crippen molar-refractivity contribution in [1.82, 2.24) is 5.32 Å². The minimum atomic E-state index is -0.868. The van der Waals surface area contributed by atoms with Crippen LogP contribution in [0.1, 0.15) is 117 Å². The van der Waals surface area contributed by atoms with E-state index in [9.17, 15) is 15.0 Å². The lowest BCUT2D eigenvalue weighted by Crippen LogP contribution is -2.45. The molecule has 0 aromatic heterocycles. The molecule has 0 saturated heterocycles. The molecule has 196 valence electrons. The van der Waals surface area contributed by atoms with Crippen molar-refractivity contribution in [2.75, 3.05) is 6.61 Å². The van der Waals surface area contributed by atoms with E-state index in [1.807, 2.05) is 13.0 Å². The molecule has 0 aliphatic heterocycles. The zero-order valence-corrected chi connectivity index (χ0v) is 22.1. The van der Waals surface area contributed by atoms with Gasteiger partial charge in [-0.05, 0) is 64.7 Å². The summed E-state index contributed by atoms with van der Waals surface area (Å²) in [5.74, 6) is -0.0958. The topological polar surface area (TPSA) is 69.6 Å². The molecule has 4 heteroatoms. The second-order valence-electron chi connectivity index (χ2n) is 9.10. The summed E-state index contributed by atoms with van der Waals surface area (Å²) in [5.41, 5.74) is 0. The predicted molar refractivity (Wildman–Crippen MR) is 147 cm³/mol. The largest absolute Gasteiger partial charge is 0.394 e. The molecule has 0 fully saturated rings. The van der Waals surface area contributed by atoms with Gasteiger partial charge >= 0.3 is 0 Å². The number of unbranched alkanes of at least 4 members (excludes halogenated alkanes) is 11. The third-order valence-corrected chi connectivity index (χ3v) is 5.86. The Morgan fingerprint density at radius 3 is 1.88 bits per heavy atom. The van der Waals surface area contributed by atoms with E-state index in [2.05, 4.69) is 48.7 Å². The summed E-state index contributed by atoms with van der Waals surface area (Å²) in [6.45, 7) is 4.00. The Morgan fingerprint density at radius 2 is 1.26 bits per heavy atom. The minimum Gasteiger partial charge on any atom is -0.394 e. The summed E-state index contributed by atoms with van der Waals surface area (Å²) >= 11 is 0. The number of carbonyl (C=O) groups excluding carboxylic acids is 1. The maximum Gasteiger partial charge on any atom is 0.220 e. The standard InChI is InChI=1S/C30H53NO3/c1-3-5-7-9-11-13-14-15-16-18-20-22-24-26-30(34)31-28(27-32)29(33)25-23-21-19-17-12-10-8-6-4-2/h4,6,12-14,17,23,25,28-29,32-33H,3,5,7-11,15-16,18-22,24,26-27H2,1-2H3,(H,31,34)/b6-4+,14-13-,17-12+,25-23+. The zero-order valence-electron chi connectivity index (χ0n) is 22.1. The first-order valence-corrected chi connectivity index (χ1v) is 13.8. The number of hydrogen-bond donors (Lipinski definition) is 3. The van der Waals surface area contributed by atoms with Crippen LogP contribution in [0.25, 0.3) is 0 Å². The monoisotopic (exact) mass is 475 g/mol. The van der Waals surface area contributed by atoms with Gasteiger partial charge in [0.15, 0.2) is 0 Å². The molecule has 0 saturated carbocycles. The van der Waals surface area contributed by atoms with Gasteiger partial charge in [0.1, 0.15) is 0 Å². The van der Waals surface area contributed by atoms with Crippen LogP contribution in [0.2, 0.25) is 0 Å². The molecule has 0 bridgehead atoms. The number of rotatable bonds is 23. The van der Waals surface area contributed by atoms with Crippen molar-refractivity contribution in [3.8, 4) is 0 Å². The van der Waals surface area contributed by atoms with Gasteiger partial charge in [-0.1, -0.05) is 94.1 Å². The van der Waals surface area contributed by atoms with Gasteiger partial charge in [-0.15, -0.1) is 0 Å². The molecule has 0 heterocycles. The van der Waals surface area contributed by atoms with E-state index < -0.39 is 12.1 Å². The third-order valence-electron chi connectivity index (χ3n) is 5.86. The fraction of sp³-hybridized carbons (Fsp3) is 0.700. The molecule has 0 aromatic carbocycles. The fourth-order valence-corrected chi connectivity index (χ4v) is 3.68. The molecule has 2 atom stereocenters. The SMILES string of the molecule is C/C=C/CC/C=C/CC/C=C/C(O)C(CO)NC(=O)CCCCCCC/C=C\CCCCCC. The zero-order chi connectivity index (χ0) is 25.1. The molecular weight excluding hydrogens is 422 g/mol. The van der Waals surface area contributed by atoms with Crippen molar-refractivity contribution >= 4 is 5.91 Å². The highest BCUT2D eigenvalue weighted by Crippen LogP contribution is 2.09. The lowest BCUT2D eigenvalue weighted by molar-refractivity contribution is -0.123. The summed E-state index contributed by atoms with van der Waals surface area (Å²) in [6, 6.07) is -0.645. The normalized spacial score (nSPS) is 14.1. The number of hydrogen-bond acceptors (Lipinski definition) is 3. The van der Waals surface area contributed by atoms with Crippen LogP contribution in [0.5, 0.6) is 0 Å². The van der Waals surface area contributed by atoms with Gasteiger partial charge in [0.05, 0.1) is 18.8 Å². The van der Waals surface area contributed by atoms with Crippen LogP contribution < -0.4 is 5.32 Å². The first kappa shape index (κ1) is 32.4. The molecule has 0 aromatic rings. The molecule has 0 radical (unpaired) electrons. The van der Waals surface area contributed by atoms with Crippen LogP contribution in [0, 0.1) is 0 Å². The van der Waals surface area contributed by atoms with Crippen molar-refractivity contribution in [2.24, 2.45) is 0 Å². The highest BCUT2D eigenvalue weighted by Gasteiger charge is 2.17. The average molecular weight is 476 g/mol. The summed E-state index contributed by atoms with van der Waals surface area (Å²) in [5, 5.41) is 22.6. The first-order valence-electron chi connectivity index (χ1n) is 13.8. The van der Waals surface area contributed by atoms with Gasteiger partial charge in [0, 0.05) is 6.42 Å². The third kappa shape index (κ3) is 22.2. The number of nitrogens with one attached hydrogen (secondary N) is 1. The number of allylic oxidation sites excluding steroid dienone is 7. The van der Waals surface area contributed by atoms with Gasteiger partial charge in [-0.2, -0.15) is 0 Å². The van der Waals surface area contributed by atoms with Crippen LogP contribution in [0.15, 0.2) is 48.6 Å². The Balaban J connectivity index is 3.79. The average Bonchev–Trinajstić information content (AvgIpc) is 2.84. The fourth-order valence-electron chi connectivity index (χ4n) is 3.68. The molecule has 0 aliphatic carbocycles. The highest BCUT2D eigenvalue weighted by atomic mass is 16.3. The predicted octanol–water partition coefficient (Wildman–Crippen LogP) is 7.33. The van der Waals surface area contributed by atoms with E-state index in [0.717, 1.165) is 51.4 Å². The second kappa shape index (κ2) is 26.0. The summed E-state index contributed by atoms with van der Waals surface area (Å²) in [4.78, 5) is 12.2. The lowest BCUT2D eigenvalue weighted by Gasteiger charge is -2.19. The van der Waals surface area contributed by atoms with Crippen LogP contribution in [0.3, 0.4) is 0 Å². The van der Waals surface area contributed by atoms with Crippen molar-refractivity contribution in [1.29, 1.82) is 0 Å². The van der Waals surface area contributed by atoms with E-state index in [1.165, 1.54) is 44.9 Å². The number of amides is 1. The molecule has 2 unspecified atom stereocenters.